The van der Waals surface area contributed by atoms with E-state index in [1.807, 2.05) is 0 Å². The Labute approximate surface area is 269 Å². The van der Waals surface area contributed by atoms with Crippen molar-refractivity contribution in [1.82, 2.24) is 9.13 Å². The van der Waals surface area contributed by atoms with Gasteiger partial charge in [-0.3, -0.25) is 28.3 Å². The molecule has 0 aromatic carbocycles. The van der Waals surface area contributed by atoms with Crippen molar-refractivity contribution in [3.63, 3.8) is 0 Å². The summed E-state index contributed by atoms with van der Waals surface area (Å²) >= 11 is 0. The van der Waals surface area contributed by atoms with Crippen molar-refractivity contribution in [3.05, 3.63) is 33.1 Å². The number of hydrogen-bond donors (Lipinski definition) is 3. The highest BCUT2D eigenvalue weighted by molar-refractivity contribution is 7.48. The van der Waals surface area contributed by atoms with Gasteiger partial charge >= 0.3 is 31.4 Å². The Bertz CT molecular complexity index is 1400. The summed E-state index contributed by atoms with van der Waals surface area (Å²) in [4.78, 5) is 61.5. The van der Waals surface area contributed by atoms with Crippen LogP contribution in [0.25, 0.3) is 0 Å². The van der Waals surface area contributed by atoms with Crippen LogP contribution in [0.5, 0.6) is 0 Å². The Morgan fingerprint density at radius 1 is 1.00 bits per heavy atom. The molecule has 2 heterocycles. The highest BCUT2D eigenvalue weighted by Crippen LogP contribution is 2.52. The summed E-state index contributed by atoms with van der Waals surface area (Å²) in [6.45, 7) is 4.77. The Kier molecular flexibility index (Phi) is 14.0. The zero-order valence-corrected chi connectivity index (χ0v) is 28.0. The second kappa shape index (κ2) is 16.4. The number of carbonyl (C=O) groups excluding carboxylic acids is 3. The van der Waals surface area contributed by atoms with Crippen molar-refractivity contribution in [2.45, 2.75) is 84.8 Å². The van der Waals surface area contributed by atoms with E-state index in [1.165, 1.54) is 27.7 Å². The molecule has 1 aromatic rings. The normalized spacial score (nSPS) is 23.7. The van der Waals surface area contributed by atoms with Crippen molar-refractivity contribution in [1.29, 1.82) is 0 Å². The minimum Gasteiger partial charge on any atom is -0.442 e. The molecule has 0 bridgehead atoms. The molecule has 0 aliphatic carbocycles. The summed E-state index contributed by atoms with van der Waals surface area (Å²) in [6.07, 6.45) is -3.19. The van der Waals surface area contributed by atoms with Gasteiger partial charge in [0.15, 0.2) is 18.6 Å². The summed E-state index contributed by atoms with van der Waals surface area (Å²) < 4.78 is 64.6. The average Bonchev–Trinajstić information content (AvgIpc) is 3.20. The van der Waals surface area contributed by atoms with Crippen molar-refractivity contribution < 1.29 is 66.1 Å². The highest BCUT2D eigenvalue weighted by Gasteiger charge is 2.63. The number of aliphatic hydroxyl groups is 2. The molecule has 5 atom stereocenters. The van der Waals surface area contributed by atoms with Crippen LogP contribution in [0.3, 0.4) is 0 Å². The molecule has 0 spiro atoms. The largest absolute Gasteiger partial charge is 0.480 e. The number of nitrogens with two attached hydrogens (primary N) is 1. The van der Waals surface area contributed by atoms with Gasteiger partial charge in [0.25, 0.3) is 5.56 Å². The molecule has 0 radical (unpaired) electrons. The maximum absolute atomic E-state index is 14.7. The lowest BCUT2D eigenvalue weighted by Gasteiger charge is -2.31. The molecule has 1 saturated heterocycles. The van der Waals surface area contributed by atoms with Crippen LogP contribution in [0.4, 0.5) is 4.39 Å². The van der Waals surface area contributed by atoms with E-state index in [-0.39, 0.29) is 5.92 Å². The molecule has 1 fully saturated rings. The molecule has 2 rings (SSSR count). The first-order chi connectivity index (χ1) is 21.7. The predicted molar refractivity (Wildman–Crippen MR) is 157 cm³/mol. The molecule has 47 heavy (non-hydrogen) atoms. The van der Waals surface area contributed by atoms with E-state index >= 15 is 0 Å². The molecular formula is C27H43FN3O15P. The van der Waals surface area contributed by atoms with Crippen LogP contribution in [-0.2, 0) is 58.2 Å². The van der Waals surface area contributed by atoms with Crippen molar-refractivity contribution in [3.8, 4) is 0 Å². The fourth-order valence-electron chi connectivity index (χ4n) is 3.92. The van der Waals surface area contributed by atoms with Gasteiger partial charge in [-0.05, 0) is 12.8 Å². The fraction of sp³-hybridized carbons (Fsp3) is 0.741. The lowest BCUT2D eigenvalue weighted by molar-refractivity contribution is -0.161. The average molecular weight is 700 g/mol. The number of phosphoric ester groups is 1. The monoisotopic (exact) mass is 699 g/mol. The molecule has 0 saturated carbocycles. The lowest BCUT2D eigenvalue weighted by atomic mass is 9.88. The first-order valence-corrected chi connectivity index (χ1v) is 15.9. The maximum Gasteiger partial charge on any atom is 0.480 e. The topological polar surface area (TPSA) is 243 Å². The zero-order chi connectivity index (χ0) is 35.9. The first kappa shape index (κ1) is 40.1. The lowest BCUT2D eigenvalue weighted by Crippen LogP contribution is -2.53. The van der Waals surface area contributed by atoms with Crippen LogP contribution in [0.15, 0.2) is 21.9 Å². The Morgan fingerprint density at radius 2 is 1.53 bits per heavy atom. The number of nitrogens with zero attached hydrogens (tertiary/aromatic N) is 2. The van der Waals surface area contributed by atoms with E-state index in [1.54, 1.807) is 13.8 Å². The van der Waals surface area contributed by atoms with E-state index in [0.29, 0.717) is 9.13 Å². The molecule has 4 N–H and O–H groups in total. The number of ether oxygens (including phenoxy) is 4. The quantitative estimate of drug-likeness (QED) is 0.0857. The third-order valence-corrected chi connectivity index (χ3v) is 8.32. The second-order valence-corrected chi connectivity index (χ2v) is 13.6. The van der Waals surface area contributed by atoms with Crippen molar-refractivity contribution >= 4 is 25.7 Å². The Morgan fingerprint density at radius 3 is 2.00 bits per heavy atom. The number of aromatic nitrogens is 2. The van der Waals surface area contributed by atoms with Gasteiger partial charge in [-0.25, -0.2) is 27.4 Å². The predicted octanol–water partition coefficient (Wildman–Crippen LogP) is 0.314. The van der Waals surface area contributed by atoms with Crippen LogP contribution in [0, 0.1) is 17.8 Å². The Balaban J connectivity index is 2.35. The molecule has 1 aliphatic heterocycles. The van der Waals surface area contributed by atoms with Gasteiger partial charge in [0.2, 0.25) is 13.6 Å². The molecule has 20 heteroatoms. The summed E-state index contributed by atoms with van der Waals surface area (Å²) in [6, 6.07) is -0.188. The number of hydrogen-bond acceptors (Lipinski definition) is 16. The van der Waals surface area contributed by atoms with Gasteiger partial charge in [0.1, 0.15) is 24.4 Å². The zero-order valence-electron chi connectivity index (χ0n) is 27.2. The molecule has 0 amide bonds. The molecule has 268 valence electrons. The standard InChI is InChI=1S/C27H43FN3O15P/c1-15(2)19(29)22(35)40-12-31-18(32)8-9-30(25(31)37)24-26(7,38)23(36)27(10-28,46-24)11-43-47(39,44-13-41-20(33)16(3)4)45-14-42-21(34)17(5)6/h8-9,15-17,19,23-24,36,38H,10-14,29H2,1-7H3/t19-,23-,24+,26+,27+/m0/s1. The van der Waals surface area contributed by atoms with E-state index < -0.39 is 112 Å². The van der Waals surface area contributed by atoms with E-state index in [9.17, 15) is 43.1 Å². The SMILES string of the molecule is CC(C)C(=O)OCOP(=O)(OCOC(=O)C(C)C)OC[C@@]1(CF)O[C@@H](n2ccc(=O)n(COC(=O)[C@@H](N)C(C)C)c2=O)[C@](C)(O)[C@@H]1O. The van der Waals surface area contributed by atoms with Crippen molar-refractivity contribution in [2.75, 3.05) is 26.9 Å². The number of rotatable bonds is 17. The van der Waals surface area contributed by atoms with Crippen molar-refractivity contribution in [2.24, 2.45) is 23.5 Å². The summed E-state index contributed by atoms with van der Waals surface area (Å²) in [5.74, 6) is -3.90. The highest BCUT2D eigenvalue weighted by atomic mass is 31.2. The van der Waals surface area contributed by atoms with Gasteiger partial charge in [-0.2, -0.15) is 0 Å². The van der Waals surface area contributed by atoms with Gasteiger partial charge in [-0.1, -0.05) is 41.5 Å². The molecule has 1 aromatic heterocycles. The maximum atomic E-state index is 14.7. The number of esters is 3. The summed E-state index contributed by atoms with van der Waals surface area (Å²) in [5.41, 5.74) is -1.38. The third kappa shape index (κ3) is 9.76. The van der Waals surface area contributed by atoms with Gasteiger partial charge in [0.05, 0.1) is 18.4 Å². The number of halogens is 1. The van der Waals surface area contributed by atoms with Gasteiger partial charge < -0.3 is 34.9 Å². The van der Waals surface area contributed by atoms with Crippen LogP contribution in [-0.4, -0.2) is 87.5 Å². The van der Waals surface area contributed by atoms with Crippen LogP contribution < -0.4 is 17.0 Å². The molecule has 18 nitrogen and oxygen atoms in total. The molecule has 0 unspecified atom stereocenters. The number of aliphatic hydroxyl groups excluding tert-OH is 1. The number of carbonyl (C=O) groups is 3. The number of alkyl halides is 1. The minimum absolute atomic E-state index is 0.317. The van der Waals surface area contributed by atoms with E-state index in [2.05, 4.69) is 0 Å². The summed E-state index contributed by atoms with van der Waals surface area (Å²) in [7, 11) is -4.88. The van der Waals surface area contributed by atoms with Gasteiger partial charge in [0, 0.05) is 12.3 Å². The van der Waals surface area contributed by atoms with Crippen LogP contribution >= 0.6 is 7.82 Å². The van der Waals surface area contributed by atoms with E-state index in [0.717, 1.165) is 19.2 Å². The third-order valence-electron chi connectivity index (χ3n) is 7.03. The second-order valence-electron chi connectivity index (χ2n) is 11.9. The fourth-order valence-corrected chi connectivity index (χ4v) is 4.89. The minimum atomic E-state index is -4.88. The molecule has 1 aliphatic rings. The Hall–Kier alpha value is -3.03. The summed E-state index contributed by atoms with van der Waals surface area (Å²) in [5, 5.41) is 22.3. The first-order valence-electron chi connectivity index (χ1n) is 14.5. The van der Waals surface area contributed by atoms with Crippen LogP contribution in [0.1, 0.15) is 54.7 Å². The molecular weight excluding hydrogens is 656 g/mol. The van der Waals surface area contributed by atoms with Crippen LogP contribution in [0.2, 0.25) is 0 Å². The van der Waals surface area contributed by atoms with Gasteiger partial charge in [-0.15, -0.1) is 0 Å². The number of phosphoric acid groups is 1. The smallest absolute Gasteiger partial charge is 0.442 e. The van der Waals surface area contributed by atoms with E-state index in [4.69, 9.17) is 38.3 Å².